The molecule has 118 valence electrons. The third kappa shape index (κ3) is 2.97. The van der Waals surface area contributed by atoms with Crippen molar-refractivity contribution in [1.29, 1.82) is 0 Å². The molecule has 1 aromatic carbocycles. The van der Waals surface area contributed by atoms with Crippen LogP contribution in [0.25, 0.3) is 10.9 Å². The van der Waals surface area contributed by atoms with Crippen LogP contribution in [0.5, 0.6) is 0 Å². The van der Waals surface area contributed by atoms with Crippen LogP contribution < -0.4 is 4.90 Å². The van der Waals surface area contributed by atoms with Gasteiger partial charge in [0.15, 0.2) is 0 Å². The van der Waals surface area contributed by atoms with Crippen molar-refractivity contribution in [2.45, 2.75) is 20.3 Å². The standard InChI is InChI=1S/C15H20N4O2S/c1-11-8-13-14(9-12(11)2)16-10-17-15(13)18-4-3-5-19(7-6-18)22(20)21/h8-10H,3-7H2,1-2H3,(H,20,21). The molecule has 7 heteroatoms. The van der Waals surface area contributed by atoms with E-state index in [1.165, 1.54) is 11.1 Å². The van der Waals surface area contributed by atoms with Gasteiger partial charge in [-0.05, 0) is 43.5 Å². The fourth-order valence-electron chi connectivity index (χ4n) is 2.82. The molecule has 6 nitrogen and oxygen atoms in total. The zero-order chi connectivity index (χ0) is 15.7. The summed E-state index contributed by atoms with van der Waals surface area (Å²) in [7, 11) is 0. The Bertz CT molecular complexity index is 722. The highest BCUT2D eigenvalue weighted by atomic mass is 32.2. The molecule has 1 N–H and O–H groups in total. The van der Waals surface area contributed by atoms with Gasteiger partial charge in [0, 0.05) is 31.6 Å². The molecule has 1 aliphatic heterocycles. The molecule has 22 heavy (non-hydrogen) atoms. The molecule has 0 amide bonds. The summed E-state index contributed by atoms with van der Waals surface area (Å²) in [5.41, 5.74) is 3.38. The summed E-state index contributed by atoms with van der Waals surface area (Å²) in [4.78, 5) is 11.0. The van der Waals surface area contributed by atoms with Crippen LogP contribution >= 0.6 is 0 Å². The third-order valence-corrected chi connectivity index (χ3v) is 5.01. The van der Waals surface area contributed by atoms with Crippen LogP contribution in [0.4, 0.5) is 5.82 Å². The maximum atomic E-state index is 11.2. The molecule has 1 atom stereocenters. The number of aryl methyl sites for hydroxylation is 2. The van der Waals surface area contributed by atoms with E-state index in [9.17, 15) is 8.76 Å². The highest BCUT2D eigenvalue weighted by Crippen LogP contribution is 2.26. The van der Waals surface area contributed by atoms with Crippen LogP contribution in [0, 0.1) is 13.8 Å². The summed E-state index contributed by atoms with van der Waals surface area (Å²) in [6, 6.07) is 4.22. The third-order valence-electron chi connectivity index (χ3n) is 4.21. The summed E-state index contributed by atoms with van der Waals surface area (Å²) in [6.07, 6.45) is 2.43. The molecule has 1 unspecified atom stereocenters. The van der Waals surface area contributed by atoms with Crippen molar-refractivity contribution in [2.75, 3.05) is 31.1 Å². The van der Waals surface area contributed by atoms with E-state index in [0.29, 0.717) is 19.6 Å². The van der Waals surface area contributed by atoms with E-state index < -0.39 is 11.3 Å². The minimum atomic E-state index is -1.89. The highest BCUT2D eigenvalue weighted by Gasteiger charge is 2.20. The van der Waals surface area contributed by atoms with Crippen molar-refractivity contribution >= 4 is 28.0 Å². The Morgan fingerprint density at radius 3 is 2.64 bits per heavy atom. The Morgan fingerprint density at radius 2 is 1.86 bits per heavy atom. The molecule has 0 aliphatic carbocycles. The Hall–Kier alpha value is -1.57. The summed E-state index contributed by atoms with van der Waals surface area (Å²) in [5.74, 6) is 0.915. The molecular weight excluding hydrogens is 300 g/mol. The second-order valence-electron chi connectivity index (χ2n) is 5.65. The van der Waals surface area contributed by atoms with Crippen molar-refractivity contribution in [3.05, 3.63) is 29.6 Å². The van der Waals surface area contributed by atoms with Crippen LogP contribution in [0.2, 0.25) is 0 Å². The van der Waals surface area contributed by atoms with E-state index in [2.05, 4.69) is 40.8 Å². The molecule has 3 rings (SSSR count). The van der Waals surface area contributed by atoms with E-state index >= 15 is 0 Å². The van der Waals surface area contributed by atoms with Crippen molar-refractivity contribution in [3.8, 4) is 0 Å². The average molecular weight is 320 g/mol. The lowest BCUT2D eigenvalue weighted by Gasteiger charge is -2.23. The number of rotatable bonds is 2. The smallest absolute Gasteiger partial charge is 0.234 e. The Labute approximate surface area is 132 Å². The van der Waals surface area contributed by atoms with E-state index in [-0.39, 0.29) is 0 Å². The first-order chi connectivity index (χ1) is 10.6. The number of fused-ring (bicyclic) bond motifs is 1. The van der Waals surface area contributed by atoms with Crippen molar-refractivity contribution in [1.82, 2.24) is 14.3 Å². The van der Waals surface area contributed by atoms with Gasteiger partial charge in [0.05, 0.1) is 5.52 Å². The normalized spacial score (nSPS) is 18.4. The SMILES string of the molecule is Cc1cc2ncnc(N3CCCN(S(=O)O)CC3)c2cc1C. The van der Waals surface area contributed by atoms with Gasteiger partial charge in [-0.25, -0.2) is 14.2 Å². The zero-order valence-electron chi connectivity index (χ0n) is 12.8. The van der Waals surface area contributed by atoms with Crippen molar-refractivity contribution in [3.63, 3.8) is 0 Å². The largest absolute Gasteiger partial charge is 0.355 e. The van der Waals surface area contributed by atoms with E-state index in [0.717, 1.165) is 29.7 Å². The predicted octanol–water partition coefficient (Wildman–Crippen LogP) is 1.90. The summed E-state index contributed by atoms with van der Waals surface area (Å²) in [5, 5.41) is 1.05. The van der Waals surface area contributed by atoms with Crippen molar-refractivity contribution in [2.24, 2.45) is 0 Å². The van der Waals surface area contributed by atoms with Gasteiger partial charge in [0.25, 0.3) is 0 Å². The first-order valence-corrected chi connectivity index (χ1v) is 8.45. The van der Waals surface area contributed by atoms with Gasteiger partial charge in [-0.1, -0.05) is 0 Å². The van der Waals surface area contributed by atoms with E-state index in [4.69, 9.17) is 0 Å². The molecule has 1 saturated heterocycles. The highest BCUT2D eigenvalue weighted by molar-refractivity contribution is 7.76. The lowest BCUT2D eigenvalue weighted by atomic mass is 10.1. The second-order valence-corrected chi connectivity index (χ2v) is 6.63. The molecule has 0 radical (unpaired) electrons. The molecule has 1 aliphatic rings. The summed E-state index contributed by atoms with van der Waals surface area (Å²) < 4.78 is 22.1. The number of hydrogen-bond acceptors (Lipinski definition) is 4. The maximum Gasteiger partial charge on any atom is 0.234 e. The van der Waals surface area contributed by atoms with Gasteiger partial charge in [0.1, 0.15) is 12.1 Å². The quantitative estimate of drug-likeness (QED) is 0.856. The molecule has 0 bridgehead atoms. The van der Waals surface area contributed by atoms with Gasteiger partial charge in [-0.15, -0.1) is 0 Å². The van der Waals surface area contributed by atoms with E-state index in [1.54, 1.807) is 10.6 Å². The number of hydrogen-bond donors (Lipinski definition) is 1. The molecule has 1 aromatic heterocycles. The number of aromatic nitrogens is 2. The maximum absolute atomic E-state index is 11.2. The van der Waals surface area contributed by atoms with Crippen molar-refractivity contribution < 1.29 is 8.76 Å². The van der Waals surface area contributed by atoms with E-state index in [1.807, 2.05) is 0 Å². The van der Waals surface area contributed by atoms with Crippen LogP contribution in [-0.4, -0.2) is 49.2 Å². The monoisotopic (exact) mass is 320 g/mol. The van der Waals surface area contributed by atoms with Gasteiger partial charge >= 0.3 is 0 Å². The summed E-state index contributed by atoms with van der Waals surface area (Å²) in [6.45, 7) is 6.86. The fourth-order valence-corrected chi connectivity index (χ4v) is 3.34. The Kier molecular flexibility index (Phi) is 4.37. The molecule has 2 heterocycles. The van der Waals surface area contributed by atoms with Gasteiger partial charge in [-0.3, -0.25) is 4.55 Å². The average Bonchev–Trinajstić information content (AvgIpc) is 2.74. The Balaban J connectivity index is 1.96. The minimum Gasteiger partial charge on any atom is -0.355 e. The second kappa shape index (κ2) is 6.28. The van der Waals surface area contributed by atoms with Crippen LogP contribution in [0.1, 0.15) is 17.5 Å². The fraction of sp³-hybridized carbons (Fsp3) is 0.467. The topological polar surface area (TPSA) is 69.6 Å². The zero-order valence-corrected chi connectivity index (χ0v) is 13.6. The lowest BCUT2D eigenvalue weighted by Crippen LogP contribution is -2.32. The molecule has 2 aromatic rings. The summed E-state index contributed by atoms with van der Waals surface area (Å²) >= 11 is -1.89. The van der Waals surface area contributed by atoms with Crippen LogP contribution in [-0.2, 0) is 11.3 Å². The molecule has 0 saturated carbocycles. The van der Waals surface area contributed by atoms with Crippen LogP contribution in [0.15, 0.2) is 18.5 Å². The first kappa shape index (κ1) is 15.3. The van der Waals surface area contributed by atoms with Crippen LogP contribution in [0.3, 0.4) is 0 Å². The van der Waals surface area contributed by atoms with Gasteiger partial charge in [-0.2, -0.15) is 4.31 Å². The van der Waals surface area contributed by atoms with Gasteiger partial charge in [0.2, 0.25) is 11.3 Å². The van der Waals surface area contributed by atoms with Gasteiger partial charge < -0.3 is 4.90 Å². The number of anilines is 1. The molecular formula is C15H20N4O2S. The predicted molar refractivity (Wildman–Crippen MR) is 88.2 cm³/mol. The lowest BCUT2D eigenvalue weighted by molar-refractivity contribution is 0.416. The Morgan fingerprint density at radius 1 is 1.09 bits per heavy atom. The molecule has 1 fully saturated rings. The first-order valence-electron chi connectivity index (χ1n) is 7.39. The minimum absolute atomic E-state index is 0.555. The number of benzene rings is 1. The molecule has 0 spiro atoms. The number of nitrogens with zero attached hydrogens (tertiary/aromatic N) is 4.